The van der Waals surface area contributed by atoms with Crippen molar-refractivity contribution in [1.29, 1.82) is 0 Å². The zero-order chi connectivity index (χ0) is 26.8. The number of hydrogen-bond acceptors (Lipinski definition) is 5. The van der Waals surface area contributed by atoms with E-state index in [9.17, 15) is 14.7 Å². The smallest absolute Gasteiger partial charge is 0.338 e. The van der Waals surface area contributed by atoms with Gasteiger partial charge in [0.15, 0.2) is 0 Å². The van der Waals surface area contributed by atoms with Gasteiger partial charge in [-0.1, -0.05) is 51.8 Å². The van der Waals surface area contributed by atoms with E-state index >= 15 is 0 Å². The van der Waals surface area contributed by atoms with Crippen LogP contribution in [-0.4, -0.2) is 48.1 Å². The number of carbonyl (C=O) groups excluding carboxylic acids is 1. The highest BCUT2D eigenvalue weighted by Crippen LogP contribution is 2.62. The van der Waals surface area contributed by atoms with Crippen LogP contribution in [0.4, 0.5) is 0 Å². The molecule has 0 amide bonds. The molecular formula is C31H42O6. The SMILES string of the molecule is CC(C)C1=CC2=CCC3C(C)(COCC(O)COC(=O)c4ccc(C(=O)O)cc4)CCCC3(C)C2CC1. The second-order valence-corrected chi connectivity index (χ2v) is 12.1. The van der Waals surface area contributed by atoms with Crippen molar-refractivity contribution in [3.63, 3.8) is 0 Å². The van der Waals surface area contributed by atoms with Gasteiger partial charge in [-0.3, -0.25) is 0 Å². The highest BCUT2D eigenvalue weighted by atomic mass is 16.5. The molecule has 4 rings (SSSR count). The molecule has 0 saturated heterocycles. The fourth-order valence-electron chi connectivity index (χ4n) is 7.13. The zero-order valence-electron chi connectivity index (χ0n) is 22.7. The Labute approximate surface area is 220 Å². The molecule has 1 saturated carbocycles. The predicted molar refractivity (Wildman–Crippen MR) is 142 cm³/mol. The van der Waals surface area contributed by atoms with E-state index in [1.54, 1.807) is 11.1 Å². The van der Waals surface area contributed by atoms with E-state index in [4.69, 9.17) is 14.6 Å². The van der Waals surface area contributed by atoms with Crippen molar-refractivity contribution in [1.82, 2.24) is 0 Å². The van der Waals surface area contributed by atoms with Gasteiger partial charge in [-0.25, -0.2) is 9.59 Å². The molecule has 0 aromatic heterocycles. The molecule has 0 radical (unpaired) electrons. The Morgan fingerprint density at radius 2 is 1.78 bits per heavy atom. The lowest BCUT2D eigenvalue weighted by atomic mass is 9.47. The van der Waals surface area contributed by atoms with Crippen LogP contribution in [0.3, 0.4) is 0 Å². The van der Waals surface area contributed by atoms with E-state index in [2.05, 4.69) is 39.8 Å². The van der Waals surface area contributed by atoms with Crippen molar-refractivity contribution in [3.05, 3.63) is 58.7 Å². The number of carbonyl (C=O) groups is 2. The Balaban J connectivity index is 1.30. The second kappa shape index (κ2) is 11.1. The van der Waals surface area contributed by atoms with Gasteiger partial charge in [-0.05, 0) is 90.5 Å². The van der Waals surface area contributed by atoms with E-state index in [1.807, 2.05) is 0 Å². The first-order valence-corrected chi connectivity index (χ1v) is 13.7. The van der Waals surface area contributed by atoms with Crippen LogP contribution in [0.1, 0.15) is 86.9 Å². The number of fused-ring (bicyclic) bond motifs is 3. The van der Waals surface area contributed by atoms with Crippen LogP contribution in [0.25, 0.3) is 0 Å². The summed E-state index contributed by atoms with van der Waals surface area (Å²) in [4.78, 5) is 23.2. The number of carboxylic acids is 1. The Kier molecular flexibility index (Phi) is 8.29. The molecule has 0 bridgehead atoms. The normalized spacial score (nSPS) is 30.0. The summed E-state index contributed by atoms with van der Waals surface area (Å²) in [5.41, 5.74) is 3.78. The Morgan fingerprint density at radius 1 is 1.08 bits per heavy atom. The van der Waals surface area contributed by atoms with Crippen LogP contribution >= 0.6 is 0 Å². The summed E-state index contributed by atoms with van der Waals surface area (Å²) < 4.78 is 11.3. The van der Waals surface area contributed by atoms with Gasteiger partial charge in [0.2, 0.25) is 0 Å². The van der Waals surface area contributed by atoms with Crippen LogP contribution in [0, 0.1) is 28.6 Å². The highest BCUT2D eigenvalue weighted by molar-refractivity contribution is 5.92. The molecule has 3 aliphatic carbocycles. The standard InChI is InChI=1S/C31H42O6/c1-20(2)23-10-12-26-24(16-23)11-13-27-30(3,14-5-15-31(26,27)4)19-36-17-25(32)18-37-29(35)22-8-6-21(7-9-22)28(33)34/h6-9,11,16,20,25-27,32H,5,10,12-15,17-19H2,1-4H3,(H,33,34). The monoisotopic (exact) mass is 510 g/mol. The summed E-state index contributed by atoms with van der Waals surface area (Å²) in [6.07, 6.45) is 11.1. The maximum atomic E-state index is 12.2. The minimum absolute atomic E-state index is 0.0410. The van der Waals surface area contributed by atoms with E-state index < -0.39 is 18.0 Å². The number of rotatable bonds is 9. The number of aliphatic hydroxyl groups is 1. The van der Waals surface area contributed by atoms with Crippen molar-refractivity contribution >= 4 is 11.9 Å². The summed E-state index contributed by atoms with van der Waals surface area (Å²) in [7, 11) is 0. The molecule has 1 aromatic carbocycles. The first-order chi connectivity index (χ1) is 17.5. The maximum absolute atomic E-state index is 12.2. The van der Waals surface area contributed by atoms with Gasteiger partial charge in [-0.2, -0.15) is 0 Å². The number of carboxylic acid groups (broad SMARTS) is 1. The highest BCUT2D eigenvalue weighted by Gasteiger charge is 2.54. The fraction of sp³-hybridized carbons (Fsp3) is 0.613. The van der Waals surface area contributed by atoms with Crippen LogP contribution in [0.5, 0.6) is 0 Å². The Hall–Kier alpha value is -2.44. The summed E-state index contributed by atoms with van der Waals surface area (Å²) in [6.45, 7) is 9.95. The molecule has 0 heterocycles. The molecule has 37 heavy (non-hydrogen) atoms. The third kappa shape index (κ3) is 5.85. The molecule has 1 fully saturated rings. The lowest BCUT2D eigenvalue weighted by molar-refractivity contribution is -0.102. The van der Waals surface area contributed by atoms with Gasteiger partial charge in [0.1, 0.15) is 12.7 Å². The average Bonchev–Trinajstić information content (AvgIpc) is 2.86. The molecular weight excluding hydrogens is 468 g/mol. The Morgan fingerprint density at radius 3 is 2.46 bits per heavy atom. The molecule has 2 N–H and O–H groups in total. The summed E-state index contributed by atoms with van der Waals surface area (Å²) in [6, 6.07) is 5.53. The zero-order valence-corrected chi connectivity index (χ0v) is 22.7. The fourth-order valence-corrected chi connectivity index (χ4v) is 7.13. The predicted octanol–water partition coefficient (Wildman–Crippen LogP) is 6.05. The summed E-state index contributed by atoms with van der Waals surface area (Å²) in [5, 5.41) is 19.4. The van der Waals surface area contributed by atoms with E-state index in [0.29, 0.717) is 24.4 Å². The topological polar surface area (TPSA) is 93.1 Å². The van der Waals surface area contributed by atoms with Crippen molar-refractivity contribution in [2.45, 2.75) is 72.3 Å². The molecule has 6 heteroatoms. The summed E-state index contributed by atoms with van der Waals surface area (Å²) >= 11 is 0. The molecule has 202 valence electrons. The minimum atomic E-state index is -1.06. The number of hydrogen-bond donors (Lipinski definition) is 2. The number of esters is 1. The molecule has 0 aliphatic heterocycles. The van der Waals surface area contributed by atoms with Crippen LogP contribution in [-0.2, 0) is 9.47 Å². The van der Waals surface area contributed by atoms with Crippen molar-refractivity contribution in [3.8, 4) is 0 Å². The Bertz CT molecular complexity index is 1050. The third-order valence-corrected chi connectivity index (χ3v) is 9.22. The van der Waals surface area contributed by atoms with Gasteiger partial charge >= 0.3 is 11.9 Å². The lowest BCUT2D eigenvalue weighted by Gasteiger charge is -2.58. The molecule has 1 aromatic rings. The van der Waals surface area contributed by atoms with Crippen LogP contribution in [0.2, 0.25) is 0 Å². The largest absolute Gasteiger partial charge is 0.478 e. The van der Waals surface area contributed by atoms with Gasteiger partial charge in [0.05, 0.1) is 24.3 Å². The average molecular weight is 511 g/mol. The molecule has 0 spiro atoms. The van der Waals surface area contributed by atoms with Gasteiger partial charge < -0.3 is 19.7 Å². The van der Waals surface area contributed by atoms with Crippen LogP contribution < -0.4 is 0 Å². The molecule has 5 atom stereocenters. The number of aliphatic hydroxyl groups excluding tert-OH is 1. The number of aromatic carboxylic acids is 1. The van der Waals surface area contributed by atoms with E-state index in [1.165, 1.54) is 49.9 Å². The van der Waals surface area contributed by atoms with Gasteiger partial charge in [-0.15, -0.1) is 0 Å². The lowest BCUT2D eigenvalue weighted by Crippen LogP contribution is -2.51. The number of benzene rings is 1. The second-order valence-electron chi connectivity index (χ2n) is 12.1. The minimum Gasteiger partial charge on any atom is -0.478 e. The third-order valence-electron chi connectivity index (χ3n) is 9.22. The van der Waals surface area contributed by atoms with Gasteiger partial charge in [0.25, 0.3) is 0 Å². The van der Waals surface area contributed by atoms with Crippen molar-refractivity contribution in [2.75, 3.05) is 19.8 Å². The summed E-state index contributed by atoms with van der Waals surface area (Å²) in [5.74, 6) is 0.113. The number of allylic oxidation sites excluding steroid dienone is 4. The number of ether oxygens (including phenoxy) is 2. The molecule has 3 aliphatic rings. The van der Waals surface area contributed by atoms with Crippen molar-refractivity contribution in [2.24, 2.45) is 28.6 Å². The quantitative estimate of drug-likeness (QED) is 0.393. The molecule has 6 nitrogen and oxygen atoms in total. The first kappa shape index (κ1) is 27.6. The van der Waals surface area contributed by atoms with Crippen molar-refractivity contribution < 1.29 is 29.3 Å². The molecule has 5 unspecified atom stereocenters. The van der Waals surface area contributed by atoms with Crippen LogP contribution in [0.15, 0.2) is 47.6 Å². The first-order valence-electron chi connectivity index (χ1n) is 13.7. The van der Waals surface area contributed by atoms with E-state index in [0.717, 1.165) is 12.8 Å². The maximum Gasteiger partial charge on any atom is 0.338 e. The van der Waals surface area contributed by atoms with E-state index in [-0.39, 0.29) is 35.2 Å². The van der Waals surface area contributed by atoms with Gasteiger partial charge in [0, 0.05) is 0 Å².